The maximum absolute atomic E-state index is 13.5. The van der Waals surface area contributed by atoms with Crippen LogP contribution in [0.4, 0.5) is 5.69 Å². The number of benzene rings is 2. The van der Waals surface area contributed by atoms with Crippen molar-refractivity contribution >= 4 is 28.4 Å². The fourth-order valence-electron chi connectivity index (χ4n) is 3.96. The van der Waals surface area contributed by atoms with Crippen LogP contribution in [-0.2, 0) is 4.74 Å². The predicted molar refractivity (Wildman–Crippen MR) is 151 cm³/mol. The third-order valence-corrected chi connectivity index (χ3v) is 5.76. The second-order valence-electron chi connectivity index (χ2n) is 9.34. The molecule has 2 heterocycles. The Kier molecular flexibility index (Phi) is 7.97. The first-order chi connectivity index (χ1) is 18.2. The van der Waals surface area contributed by atoms with Crippen molar-refractivity contribution in [2.24, 2.45) is 0 Å². The molecule has 7 heteroatoms. The summed E-state index contributed by atoms with van der Waals surface area (Å²) in [5, 5.41) is 6.50. The average Bonchev–Trinajstić information content (AvgIpc) is 2.91. The first kappa shape index (κ1) is 26.3. The SMILES string of the molecule is C=C(CNC(=O)c1ccc(NC(=O)c2cc(-c3cccnc3)nc3c(C)cc(C)cc23)cc1)OC=C(C)C. The van der Waals surface area contributed by atoms with Gasteiger partial charge in [-0.05, 0) is 87.4 Å². The molecule has 2 N–H and O–H groups in total. The highest BCUT2D eigenvalue weighted by Gasteiger charge is 2.17. The van der Waals surface area contributed by atoms with E-state index in [0.29, 0.717) is 28.3 Å². The summed E-state index contributed by atoms with van der Waals surface area (Å²) in [6.07, 6.45) is 5.01. The van der Waals surface area contributed by atoms with Crippen molar-refractivity contribution in [1.82, 2.24) is 15.3 Å². The van der Waals surface area contributed by atoms with Gasteiger partial charge in [-0.3, -0.25) is 14.6 Å². The summed E-state index contributed by atoms with van der Waals surface area (Å²) in [4.78, 5) is 35.0. The summed E-state index contributed by atoms with van der Waals surface area (Å²) < 4.78 is 5.35. The fourth-order valence-corrected chi connectivity index (χ4v) is 3.96. The molecule has 4 rings (SSSR count). The lowest BCUT2D eigenvalue weighted by Crippen LogP contribution is -2.25. The number of nitrogens with one attached hydrogen (secondary N) is 2. The molecule has 2 aromatic heterocycles. The Morgan fingerprint density at radius 2 is 1.79 bits per heavy atom. The number of hydrogen-bond donors (Lipinski definition) is 2. The van der Waals surface area contributed by atoms with E-state index < -0.39 is 0 Å². The molecule has 2 amide bonds. The van der Waals surface area contributed by atoms with E-state index in [-0.39, 0.29) is 18.4 Å². The zero-order valence-corrected chi connectivity index (χ0v) is 22.0. The molecule has 2 aromatic carbocycles. The molecule has 4 aromatic rings. The quantitative estimate of drug-likeness (QED) is 0.272. The smallest absolute Gasteiger partial charge is 0.256 e. The minimum Gasteiger partial charge on any atom is -0.468 e. The van der Waals surface area contributed by atoms with Crippen LogP contribution in [0.2, 0.25) is 0 Å². The van der Waals surface area contributed by atoms with Gasteiger partial charge in [0, 0.05) is 34.6 Å². The van der Waals surface area contributed by atoms with E-state index in [9.17, 15) is 9.59 Å². The molecule has 0 saturated heterocycles. The number of pyridine rings is 2. The fraction of sp³-hybridized carbons (Fsp3) is 0.161. The Bertz CT molecular complexity index is 1540. The van der Waals surface area contributed by atoms with E-state index in [1.807, 2.05) is 45.9 Å². The van der Waals surface area contributed by atoms with Crippen LogP contribution in [0.3, 0.4) is 0 Å². The van der Waals surface area contributed by atoms with Crippen molar-refractivity contribution in [2.45, 2.75) is 27.7 Å². The van der Waals surface area contributed by atoms with E-state index in [2.05, 4.69) is 28.3 Å². The normalized spacial score (nSPS) is 10.5. The van der Waals surface area contributed by atoms with E-state index in [4.69, 9.17) is 9.72 Å². The number of rotatable bonds is 8. The maximum Gasteiger partial charge on any atom is 0.256 e. The summed E-state index contributed by atoms with van der Waals surface area (Å²) in [6, 6.07) is 16.3. The highest BCUT2D eigenvalue weighted by Crippen LogP contribution is 2.28. The number of carbonyl (C=O) groups excluding carboxylic acids is 2. The second-order valence-corrected chi connectivity index (χ2v) is 9.34. The van der Waals surface area contributed by atoms with Crippen LogP contribution in [0.1, 0.15) is 45.7 Å². The van der Waals surface area contributed by atoms with Gasteiger partial charge in [-0.1, -0.05) is 18.2 Å². The number of ether oxygens (including phenoxy) is 1. The van der Waals surface area contributed by atoms with Crippen molar-refractivity contribution in [3.05, 3.63) is 113 Å². The number of aryl methyl sites for hydroxylation is 2. The van der Waals surface area contributed by atoms with Gasteiger partial charge < -0.3 is 15.4 Å². The van der Waals surface area contributed by atoms with Crippen molar-refractivity contribution in [2.75, 3.05) is 11.9 Å². The minimum absolute atomic E-state index is 0.189. The van der Waals surface area contributed by atoms with Crippen LogP contribution >= 0.6 is 0 Å². The van der Waals surface area contributed by atoms with Crippen molar-refractivity contribution < 1.29 is 14.3 Å². The van der Waals surface area contributed by atoms with Crippen LogP contribution in [0, 0.1) is 13.8 Å². The van der Waals surface area contributed by atoms with Crippen LogP contribution < -0.4 is 10.6 Å². The summed E-state index contributed by atoms with van der Waals surface area (Å²) >= 11 is 0. The molecule has 0 unspecified atom stereocenters. The van der Waals surface area contributed by atoms with Gasteiger partial charge in [-0.15, -0.1) is 0 Å². The summed E-state index contributed by atoms with van der Waals surface area (Å²) in [5.74, 6) is -0.0985. The number of amides is 2. The van der Waals surface area contributed by atoms with Gasteiger partial charge in [0.25, 0.3) is 11.8 Å². The van der Waals surface area contributed by atoms with Gasteiger partial charge in [0.15, 0.2) is 0 Å². The number of nitrogens with zero attached hydrogens (tertiary/aromatic N) is 2. The molecule has 0 saturated carbocycles. The molecule has 0 aliphatic rings. The molecular formula is C31H30N4O3. The van der Waals surface area contributed by atoms with E-state index >= 15 is 0 Å². The predicted octanol–water partition coefficient (Wildman–Crippen LogP) is 6.35. The van der Waals surface area contributed by atoms with Gasteiger partial charge in [-0.25, -0.2) is 4.98 Å². The van der Waals surface area contributed by atoms with E-state index in [1.165, 1.54) is 0 Å². The third kappa shape index (κ3) is 6.31. The number of hydrogen-bond acceptors (Lipinski definition) is 5. The van der Waals surface area contributed by atoms with Gasteiger partial charge in [-0.2, -0.15) is 0 Å². The zero-order chi connectivity index (χ0) is 27.2. The second kappa shape index (κ2) is 11.5. The van der Waals surface area contributed by atoms with Crippen molar-refractivity contribution in [3.8, 4) is 11.3 Å². The highest BCUT2D eigenvalue weighted by molar-refractivity contribution is 6.13. The molecule has 38 heavy (non-hydrogen) atoms. The Morgan fingerprint density at radius 3 is 2.47 bits per heavy atom. The van der Waals surface area contributed by atoms with E-state index in [1.54, 1.807) is 49.0 Å². The first-order valence-electron chi connectivity index (χ1n) is 12.2. The maximum atomic E-state index is 13.5. The van der Waals surface area contributed by atoms with Gasteiger partial charge in [0.05, 0.1) is 29.6 Å². The van der Waals surface area contributed by atoms with Crippen molar-refractivity contribution in [1.29, 1.82) is 0 Å². The number of aromatic nitrogens is 2. The van der Waals surface area contributed by atoms with Crippen LogP contribution in [0.5, 0.6) is 0 Å². The molecule has 0 aliphatic carbocycles. The number of anilines is 1. The standard InChI is InChI=1S/C31H30N4O3/c1-19(2)18-38-22(5)16-33-30(36)23-8-10-25(11-9-23)34-31(37)27-15-28(24-7-6-12-32-17-24)35-29-21(4)13-20(3)14-26(27)29/h6-15,17-18H,5,16H2,1-4H3,(H,33,36)(H,34,37). The van der Waals surface area contributed by atoms with Crippen LogP contribution in [0.15, 0.2) is 91.2 Å². The Hall–Kier alpha value is -4.78. The summed E-state index contributed by atoms with van der Waals surface area (Å²) in [7, 11) is 0. The molecule has 0 aliphatic heterocycles. The van der Waals surface area contributed by atoms with Gasteiger partial charge in [0.1, 0.15) is 5.76 Å². The topological polar surface area (TPSA) is 93.2 Å². The zero-order valence-electron chi connectivity index (χ0n) is 22.0. The Balaban J connectivity index is 1.54. The number of carbonyl (C=O) groups is 2. The monoisotopic (exact) mass is 506 g/mol. The third-order valence-electron chi connectivity index (χ3n) is 5.76. The molecule has 0 spiro atoms. The average molecular weight is 507 g/mol. The van der Waals surface area contributed by atoms with Crippen LogP contribution in [0.25, 0.3) is 22.2 Å². The minimum atomic E-state index is -0.267. The lowest BCUT2D eigenvalue weighted by Gasteiger charge is -2.13. The summed E-state index contributed by atoms with van der Waals surface area (Å²) in [6.45, 7) is 11.8. The van der Waals surface area contributed by atoms with E-state index in [0.717, 1.165) is 33.2 Å². The highest BCUT2D eigenvalue weighted by atomic mass is 16.5. The molecular weight excluding hydrogens is 476 g/mol. The molecule has 0 atom stereocenters. The molecule has 7 nitrogen and oxygen atoms in total. The molecule has 0 radical (unpaired) electrons. The Morgan fingerprint density at radius 1 is 1.03 bits per heavy atom. The lowest BCUT2D eigenvalue weighted by molar-refractivity contribution is 0.0951. The lowest BCUT2D eigenvalue weighted by atomic mass is 9.99. The van der Waals surface area contributed by atoms with Gasteiger partial charge in [0.2, 0.25) is 0 Å². The largest absolute Gasteiger partial charge is 0.468 e. The summed E-state index contributed by atoms with van der Waals surface area (Å²) in [5.41, 5.74) is 6.83. The van der Waals surface area contributed by atoms with Crippen molar-refractivity contribution in [3.63, 3.8) is 0 Å². The van der Waals surface area contributed by atoms with Crippen LogP contribution in [-0.4, -0.2) is 28.3 Å². The number of allylic oxidation sites excluding steroid dienone is 1. The molecule has 0 bridgehead atoms. The van der Waals surface area contributed by atoms with Gasteiger partial charge >= 0.3 is 0 Å². The molecule has 192 valence electrons. The number of fused-ring (bicyclic) bond motifs is 1. The Labute approximate surface area is 222 Å². The molecule has 0 fully saturated rings. The first-order valence-corrected chi connectivity index (χ1v) is 12.2.